The molecule has 1 unspecified atom stereocenters. The molecule has 0 saturated heterocycles. The van der Waals surface area contributed by atoms with Crippen molar-refractivity contribution in [3.63, 3.8) is 0 Å². The van der Waals surface area contributed by atoms with E-state index in [2.05, 4.69) is 63.1 Å². The molecular formula is C13H12Br3N3. The molecule has 0 aliphatic rings. The third kappa shape index (κ3) is 4.08. The summed E-state index contributed by atoms with van der Waals surface area (Å²) >= 11 is 10.4. The van der Waals surface area contributed by atoms with Gasteiger partial charge in [0.15, 0.2) is 0 Å². The molecule has 2 rings (SSSR count). The van der Waals surface area contributed by atoms with E-state index in [0.717, 1.165) is 31.2 Å². The van der Waals surface area contributed by atoms with Crippen molar-refractivity contribution in [2.24, 2.45) is 0 Å². The highest BCUT2D eigenvalue weighted by Crippen LogP contribution is 2.26. The number of nitrogens with zero attached hydrogens (tertiary/aromatic N) is 2. The van der Waals surface area contributed by atoms with E-state index in [1.54, 1.807) is 6.20 Å². The number of hydrogen-bond donors (Lipinski definition) is 1. The van der Waals surface area contributed by atoms with Crippen molar-refractivity contribution >= 4 is 47.8 Å². The highest BCUT2D eigenvalue weighted by atomic mass is 79.9. The van der Waals surface area contributed by atoms with Crippen LogP contribution in [0.15, 0.2) is 44.0 Å². The lowest BCUT2D eigenvalue weighted by atomic mass is 10.1. The molecule has 0 amide bonds. The average molecular weight is 450 g/mol. The molecule has 0 aliphatic heterocycles. The van der Waals surface area contributed by atoms with E-state index in [1.165, 1.54) is 0 Å². The first-order valence-electron chi connectivity index (χ1n) is 5.69. The van der Waals surface area contributed by atoms with Gasteiger partial charge < -0.3 is 5.32 Å². The van der Waals surface area contributed by atoms with Gasteiger partial charge in [0.05, 0.1) is 11.7 Å². The van der Waals surface area contributed by atoms with Crippen LogP contribution in [0.25, 0.3) is 0 Å². The Bertz CT molecular complexity index is 558. The van der Waals surface area contributed by atoms with Gasteiger partial charge in [-0.2, -0.15) is 0 Å². The Labute approximate surface area is 137 Å². The summed E-state index contributed by atoms with van der Waals surface area (Å²) < 4.78 is 2.93. The number of halogens is 3. The normalized spacial score (nSPS) is 12.4. The lowest BCUT2D eigenvalue weighted by Crippen LogP contribution is -2.21. The number of likely N-dealkylation sites (N-methyl/N-ethyl adjacent to an activating group) is 1. The van der Waals surface area contributed by atoms with Gasteiger partial charge in [-0.25, -0.2) is 0 Å². The summed E-state index contributed by atoms with van der Waals surface area (Å²) in [7, 11) is 1.93. The van der Waals surface area contributed by atoms with E-state index in [-0.39, 0.29) is 6.04 Å². The van der Waals surface area contributed by atoms with Gasteiger partial charge in [0.25, 0.3) is 0 Å². The van der Waals surface area contributed by atoms with Gasteiger partial charge in [-0.15, -0.1) is 0 Å². The summed E-state index contributed by atoms with van der Waals surface area (Å²) in [6.45, 7) is 0. The molecule has 0 spiro atoms. The van der Waals surface area contributed by atoms with Gasteiger partial charge in [0.2, 0.25) is 0 Å². The first-order valence-corrected chi connectivity index (χ1v) is 8.06. The van der Waals surface area contributed by atoms with E-state index >= 15 is 0 Å². The van der Waals surface area contributed by atoms with Crippen molar-refractivity contribution in [2.45, 2.75) is 12.5 Å². The molecule has 0 saturated carbocycles. The SMILES string of the molecule is CNC(Cc1ccc(Br)cn1)c1ncc(Br)cc1Br. The van der Waals surface area contributed by atoms with Crippen molar-refractivity contribution < 1.29 is 0 Å². The summed E-state index contributed by atoms with van der Waals surface area (Å²) in [5.74, 6) is 0. The Kier molecular flexibility index (Phi) is 5.50. The van der Waals surface area contributed by atoms with Crippen LogP contribution in [0, 0.1) is 0 Å². The van der Waals surface area contributed by atoms with Gasteiger partial charge >= 0.3 is 0 Å². The Hall–Kier alpha value is -0.300. The van der Waals surface area contributed by atoms with Crippen LogP contribution in [0.1, 0.15) is 17.4 Å². The van der Waals surface area contributed by atoms with Crippen LogP contribution in [0.4, 0.5) is 0 Å². The fourth-order valence-electron chi connectivity index (χ4n) is 1.75. The van der Waals surface area contributed by atoms with Gasteiger partial charge in [-0.05, 0) is 73.0 Å². The monoisotopic (exact) mass is 447 g/mol. The molecule has 2 aromatic rings. The summed E-state index contributed by atoms with van der Waals surface area (Å²) in [5.41, 5.74) is 2.01. The topological polar surface area (TPSA) is 37.8 Å². The number of rotatable bonds is 4. The van der Waals surface area contributed by atoms with Gasteiger partial charge in [-0.3, -0.25) is 9.97 Å². The quantitative estimate of drug-likeness (QED) is 0.757. The van der Waals surface area contributed by atoms with E-state index in [4.69, 9.17) is 0 Å². The van der Waals surface area contributed by atoms with Gasteiger partial charge in [-0.1, -0.05) is 0 Å². The number of hydrogen-bond acceptors (Lipinski definition) is 3. The number of aromatic nitrogens is 2. The van der Waals surface area contributed by atoms with E-state index in [0.29, 0.717) is 0 Å². The Morgan fingerprint density at radius 2 is 1.84 bits per heavy atom. The van der Waals surface area contributed by atoms with Crippen LogP contribution in [-0.2, 0) is 6.42 Å². The van der Waals surface area contributed by atoms with E-state index in [9.17, 15) is 0 Å². The molecule has 19 heavy (non-hydrogen) atoms. The molecule has 100 valence electrons. The lowest BCUT2D eigenvalue weighted by Gasteiger charge is -2.17. The molecule has 0 bridgehead atoms. The molecule has 1 atom stereocenters. The Morgan fingerprint density at radius 3 is 2.42 bits per heavy atom. The van der Waals surface area contributed by atoms with Crippen LogP contribution >= 0.6 is 47.8 Å². The number of pyridine rings is 2. The molecular weight excluding hydrogens is 438 g/mol. The summed E-state index contributed by atoms with van der Waals surface area (Å²) in [4.78, 5) is 8.87. The molecule has 3 nitrogen and oxygen atoms in total. The van der Waals surface area contributed by atoms with Crippen molar-refractivity contribution in [2.75, 3.05) is 7.05 Å². The fraction of sp³-hybridized carbons (Fsp3) is 0.231. The van der Waals surface area contributed by atoms with E-state index < -0.39 is 0 Å². The maximum absolute atomic E-state index is 4.47. The highest BCUT2D eigenvalue weighted by Gasteiger charge is 2.15. The Morgan fingerprint density at radius 1 is 1.11 bits per heavy atom. The minimum atomic E-state index is 0.121. The average Bonchev–Trinajstić information content (AvgIpc) is 2.39. The van der Waals surface area contributed by atoms with Crippen molar-refractivity contribution in [1.82, 2.24) is 15.3 Å². The zero-order valence-electron chi connectivity index (χ0n) is 10.2. The predicted molar refractivity (Wildman–Crippen MR) is 87.1 cm³/mol. The first-order chi connectivity index (χ1) is 9.10. The third-order valence-electron chi connectivity index (χ3n) is 2.72. The largest absolute Gasteiger partial charge is 0.311 e. The maximum atomic E-state index is 4.47. The van der Waals surface area contributed by atoms with Crippen LogP contribution in [0.2, 0.25) is 0 Å². The van der Waals surface area contributed by atoms with Crippen molar-refractivity contribution in [3.05, 3.63) is 55.4 Å². The minimum absolute atomic E-state index is 0.121. The molecule has 0 radical (unpaired) electrons. The fourth-order valence-corrected chi connectivity index (χ4v) is 3.25. The third-order valence-corrected chi connectivity index (χ3v) is 4.25. The molecule has 6 heteroatoms. The molecule has 0 aliphatic carbocycles. The summed E-state index contributed by atoms with van der Waals surface area (Å²) in [5, 5.41) is 3.28. The second-order valence-corrected chi connectivity index (χ2v) is 6.72. The standard InChI is InChI=1S/C13H12Br3N3/c1-17-12(5-10-3-2-8(14)6-18-10)13-11(16)4-9(15)7-19-13/h2-4,6-7,12,17H,5H2,1H3. The van der Waals surface area contributed by atoms with Crippen LogP contribution in [-0.4, -0.2) is 17.0 Å². The van der Waals surface area contributed by atoms with Gasteiger partial charge in [0.1, 0.15) is 0 Å². The summed E-state index contributed by atoms with van der Waals surface area (Å²) in [6, 6.07) is 6.14. The molecule has 0 aromatic carbocycles. The van der Waals surface area contributed by atoms with Crippen molar-refractivity contribution in [3.8, 4) is 0 Å². The second-order valence-electron chi connectivity index (χ2n) is 4.03. The molecule has 2 aromatic heterocycles. The van der Waals surface area contributed by atoms with E-state index in [1.807, 2.05) is 31.4 Å². The Balaban J connectivity index is 2.22. The lowest BCUT2D eigenvalue weighted by molar-refractivity contribution is 0.566. The molecule has 2 heterocycles. The van der Waals surface area contributed by atoms with Crippen LogP contribution in [0.3, 0.4) is 0 Å². The predicted octanol–water partition coefficient (Wildman–Crippen LogP) is 4.27. The number of nitrogens with one attached hydrogen (secondary N) is 1. The van der Waals surface area contributed by atoms with Crippen molar-refractivity contribution in [1.29, 1.82) is 0 Å². The molecule has 0 fully saturated rings. The zero-order chi connectivity index (χ0) is 13.8. The van der Waals surface area contributed by atoms with Crippen LogP contribution < -0.4 is 5.32 Å². The second kappa shape index (κ2) is 6.92. The minimum Gasteiger partial charge on any atom is -0.311 e. The maximum Gasteiger partial charge on any atom is 0.0719 e. The molecule has 1 N–H and O–H groups in total. The van der Waals surface area contributed by atoms with Gasteiger partial charge in [0, 0.05) is 37.9 Å². The first kappa shape index (κ1) is 15.1. The highest BCUT2D eigenvalue weighted by molar-refractivity contribution is 9.11. The summed E-state index contributed by atoms with van der Waals surface area (Å²) in [6.07, 6.45) is 4.41. The zero-order valence-corrected chi connectivity index (χ0v) is 15.0. The smallest absolute Gasteiger partial charge is 0.0719 e. The van der Waals surface area contributed by atoms with Crippen LogP contribution in [0.5, 0.6) is 0 Å².